The van der Waals surface area contributed by atoms with E-state index in [0.717, 1.165) is 56.7 Å². The van der Waals surface area contributed by atoms with E-state index in [9.17, 15) is 5.11 Å². The standard InChI is InChI=1S/C15H29N3O/c1-4-16-14(17-11-15(19)6-5-7-15)18-9-12(2)8-13(3)10-18/h12-13,19H,4-11H2,1-3H3,(H,16,17). The second-order valence-corrected chi connectivity index (χ2v) is 6.60. The zero-order valence-corrected chi connectivity index (χ0v) is 12.7. The molecule has 1 aliphatic carbocycles. The molecule has 0 radical (unpaired) electrons. The third-order valence-corrected chi connectivity index (χ3v) is 4.31. The van der Waals surface area contributed by atoms with Crippen molar-refractivity contribution in [2.24, 2.45) is 16.8 Å². The maximum absolute atomic E-state index is 10.2. The van der Waals surface area contributed by atoms with Crippen LogP contribution < -0.4 is 5.32 Å². The van der Waals surface area contributed by atoms with Gasteiger partial charge in [-0.15, -0.1) is 0 Å². The van der Waals surface area contributed by atoms with Crippen molar-refractivity contribution in [1.29, 1.82) is 0 Å². The van der Waals surface area contributed by atoms with E-state index in [0.29, 0.717) is 6.54 Å². The van der Waals surface area contributed by atoms with Gasteiger partial charge in [0.15, 0.2) is 5.96 Å². The predicted molar refractivity (Wildman–Crippen MR) is 79.3 cm³/mol. The molecule has 0 spiro atoms. The molecule has 2 unspecified atom stereocenters. The molecular weight excluding hydrogens is 238 g/mol. The van der Waals surface area contributed by atoms with Gasteiger partial charge >= 0.3 is 0 Å². The fourth-order valence-electron chi connectivity index (χ4n) is 3.23. The molecule has 1 saturated carbocycles. The number of nitrogens with zero attached hydrogens (tertiary/aromatic N) is 2. The van der Waals surface area contributed by atoms with Crippen LogP contribution in [0.4, 0.5) is 0 Å². The number of aliphatic hydroxyl groups is 1. The summed E-state index contributed by atoms with van der Waals surface area (Å²) in [5.41, 5.74) is -0.520. The second-order valence-electron chi connectivity index (χ2n) is 6.60. The lowest BCUT2D eigenvalue weighted by Crippen LogP contribution is -2.49. The lowest BCUT2D eigenvalue weighted by Gasteiger charge is -2.39. The van der Waals surface area contributed by atoms with Crippen LogP contribution >= 0.6 is 0 Å². The van der Waals surface area contributed by atoms with Gasteiger partial charge in [0.2, 0.25) is 0 Å². The number of likely N-dealkylation sites (tertiary alicyclic amines) is 1. The Hall–Kier alpha value is -0.770. The van der Waals surface area contributed by atoms with Crippen LogP contribution in [-0.2, 0) is 0 Å². The number of hydrogen-bond acceptors (Lipinski definition) is 2. The van der Waals surface area contributed by atoms with Gasteiger partial charge in [-0.2, -0.15) is 0 Å². The molecule has 0 aromatic carbocycles. The van der Waals surface area contributed by atoms with Gasteiger partial charge in [-0.05, 0) is 44.4 Å². The quantitative estimate of drug-likeness (QED) is 0.606. The van der Waals surface area contributed by atoms with E-state index >= 15 is 0 Å². The third-order valence-electron chi connectivity index (χ3n) is 4.31. The number of nitrogens with one attached hydrogen (secondary N) is 1. The number of piperidine rings is 1. The Morgan fingerprint density at radius 2 is 1.95 bits per heavy atom. The Bertz CT molecular complexity index is 315. The summed E-state index contributed by atoms with van der Waals surface area (Å²) < 4.78 is 0. The van der Waals surface area contributed by atoms with Crippen LogP contribution in [-0.4, -0.2) is 47.7 Å². The average molecular weight is 267 g/mol. The topological polar surface area (TPSA) is 47.9 Å². The van der Waals surface area contributed by atoms with E-state index in [4.69, 9.17) is 0 Å². The molecule has 2 atom stereocenters. The zero-order valence-electron chi connectivity index (χ0n) is 12.7. The molecule has 0 aromatic heterocycles. The summed E-state index contributed by atoms with van der Waals surface area (Å²) in [5.74, 6) is 2.43. The maximum Gasteiger partial charge on any atom is 0.194 e. The van der Waals surface area contributed by atoms with Crippen molar-refractivity contribution in [3.05, 3.63) is 0 Å². The molecule has 1 heterocycles. The number of aliphatic imine (C=N–C) groups is 1. The first kappa shape index (κ1) is 14.6. The number of hydrogen-bond donors (Lipinski definition) is 2. The van der Waals surface area contributed by atoms with Gasteiger partial charge in [0.25, 0.3) is 0 Å². The van der Waals surface area contributed by atoms with Crippen LogP contribution in [0.3, 0.4) is 0 Å². The van der Waals surface area contributed by atoms with E-state index < -0.39 is 5.60 Å². The molecule has 2 N–H and O–H groups in total. The first-order chi connectivity index (χ1) is 9.02. The summed E-state index contributed by atoms with van der Waals surface area (Å²) >= 11 is 0. The van der Waals surface area contributed by atoms with E-state index in [2.05, 4.69) is 36.0 Å². The molecule has 1 aliphatic heterocycles. The zero-order chi connectivity index (χ0) is 13.9. The summed E-state index contributed by atoms with van der Waals surface area (Å²) in [7, 11) is 0. The minimum Gasteiger partial charge on any atom is -0.388 e. The molecule has 19 heavy (non-hydrogen) atoms. The van der Waals surface area contributed by atoms with Crippen molar-refractivity contribution in [2.45, 2.75) is 52.1 Å². The third kappa shape index (κ3) is 3.85. The summed E-state index contributed by atoms with van der Waals surface area (Å²) in [5, 5.41) is 13.6. The highest BCUT2D eigenvalue weighted by molar-refractivity contribution is 5.80. The monoisotopic (exact) mass is 267 g/mol. The predicted octanol–water partition coefficient (Wildman–Crippen LogP) is 1.84. The largest absolute Gasteiger partial charge is 0.388 e. The van der Waals surface area contributed by atoms with Gasteiger partial charge in [0, 0.05) is 19.6 Å². The van der Waals surface area contributed by atoms with Crippen molar-refractivity contribution in [2.75, 3.05) is 26.2 Å². The molecule has 4 heteroatoms. The molecule has 0 bridgehead atoms. The molecule has 2 aliphatic rings. The molecule has 2 rings (SSSR count). The first-order valence-corrected chi connectivity index (χ1v) is 7.78. The Balaban J connectivity index is 1.99. The smallest absolute Gasteiger partial charge is 0.194 e. The van der Waals surface area contributed by atoms with Crippen LogP contribution in [0.5, 0.6) is 0 Å². The average Bonchev–Trinajstić information content (AvgIpc) is 2.31. The summed E-state index contributed by atoms with van der Waals surface area (Å²) in [6, 6.07) is 0. The van der Waals surface area contributed by atoms with Crippen LogP contribution in [0, 0.1) is 11.8 Å². The van der Waals surface area contributed by atoms with Crippen LogP contribution in [0.15, 0.2) is 4.99 Å². The maximum atomic E-state index is 10.2. The van der Waals surface area contributed by atoms with Gasteiger partial charge in [0.1, 0.15) is 0 Å². The summed E-state index contributed by atoms with van der Waals surface area (Å²) in [4.78, 5) is 7.05. The van der Waals surface area contributed by atoms with E-state index in [1.807, 2.05) is 0 Å². The molecule has 0 amide bonds. The van der Waals surface area contributed by atoms with E-state index in [1.54, 1.807) is 0 Å². The lowest BCUT2D eigenvalue weighted by atomic mass is 9.80. The van der Waals surface area contributed by atoms with Crippen LogP contribution in [0.1, 0.15) is 46.5 Å². The molecule has 0 aromatic rings. The lowest BCUT2D eigenvalue weighted by molar-refractivity contribution is -0.0238. The highest BCUT2D eigenvalue weighted by atomic mass is 16.3. The molecular formula is C15H29N3O. The van der Waals surface area contributed by atoms with Crippen molar-refractivity contribution < 1.29 is 5.11 Å². The van der Waals surface area contributed by atoms with Crippen molar-refractivity contribution in [3.63, 3.8) is 0 Å². The number of rotatable bonds is 3. The van der Waals surface area contributed by atoms with Gasteiger partial charge in [-0.1, -0.05) is 13.8 Å². The first-order valence-electron chi connectivity index (χ1n) is 7.78. The highest BCUT2D eigenvalue weighted by Crippen LogP contribution is 2.31. The van der Waals surface area contributed by atoms with Crippen molar-refractivity contribution in [1.82, 2.24) is 10.2 Å². The Morgan fingerprint density at radius 3 is 2.42 bits per heavy atom. The van der Waals surface area contributed by atoms with Crippen molar-refractivity contribution in [3.8, 4) is 0 Å². The Kier molecular flexibility index (Phi) is 4.71. The van der Waals surface area contributed by atoms with Gasteiger partial charge in [-0.25, -0.2) is 0 Å². The van der Waals surface area contributed by atoms with Crippen LogP contribution in [0.2, 0.25) is 0 Å². The summed E-state index contributed by atoms with van der Waals surface area (Å²) in [6.45, 7) is 10.3. The second kappa shape index (κ2) is 6.12. The van der Waals surface area contributed by atoms with E-state index in [-0.39, 0.29) is 0 Å². The molecule has 1 saturated heterocycles. The minimum atomic E-state index is -0.520. The summed E-state index contributed by atoms with van der Waals surface area (Å²) in [6.07, 6.45) is 4.26. The van der Waals surface area contributed by atoms with E-state index in [1.165, 1.54) is 6.42 Å². The fourth-order valence-corrected chi connectivity index (χ4v) is 3.23. The highest BCUT2D eigenvalue weighted by Gasteiger charge is 2.34. The Labute approximate surface area is 117 Å². The minimum absolute atomic E-state index is 0.520. The molecule has 4 nitrogen and oxygen atoms in total. The Morgan fingerprint density at radius 1 is 1.32 bits per heavy atom. The normalized spacial score (nSPS) is 30.9. The van der Waals surface area contributed by atoms with Gasteiger partial charge < -0.3 is 15.3 Å². The van der Waals surface area contributed by atoms with Crippen molar-refractivity contribution >= 4 is 5.96 Å². The van der Waals surface area contributed by atoms with Crippen LogP contribution in [0.25, 0.3) is 0 Å². The molecule has 2 fully saturated rings. The van der Waals surface area contributed by atoms with Gasteiger partial charge in [0.05, 0.1) is 12.1 Å². The SMILES string of the molecule is CCNC(=NCC1(O)CCC1)N1CC(C)CC(C)C1. The number of guanidine groups is 1. The van der Waals surface area contributed by atoms with Gasteiger partial charge in [-0.3, -0.25) is 4.99 Å². The fraction of sp³-hybridized carbons (Fsp3) is 0.933. The molecule has 110 valence electrons.